The van der Waals surface area contributed by atoms with Gasteiger partial charge in [0.2, 0.25) is 5.88 Å². The van der Waals surface area contributed by atoms with Gasteiger partial charge < -0.3 is 23.2 Å². The second-order valence-electron chi connectivity index (χ2n) is 34.9. The molecule has 628 valence electrons. The van der Waals surface area contributed by atoms with Gasteiger partial charge in [-0.1, -0.05) is 287 Å². The molecule has 2 aliphatic heterocycles. The zero-order chi connectivity index (χ0) is 88.5. The van der Waals surface area contributed by atoms with Crippen molar-refractivity contribution in [2.75, 3.05) is 4.90 Å². The molecule has 3 aliphatic rings. The van der Waals surface area contributed by atoms with Gasteiger partial charge in [-0.25, -0.2) is 24.9 Å². The second-order valence-corrected chi connectivity index (χ2v) is 34.9. The van der Waals surface area contributed by atoms with Crippen LogP contribution >= 0.6 is 0 Å². The Labute approximate surface area is 767 Å². The van der Waals surface area contributed by atoms with E-state index in [0.717, 1.165) is 151 Å². The molecule has 0 N–H and O–H groups in total. The molecule has 16 aromatic carbocycles. The average Bonchev–Trinajstić information content (AvgIpc) is 1.58. The lowest BCUT2D eigenvalue weighted by atomic mass is 9.75. The van der Waals surface area contributed by atoms with Crippen LogP contribution in [0.25, 0.3) is 205 Å². The van der Waals surface area contributed by atoms with Gasteiger partial charge in [-0.15, -0.1) is 0 Å². The van der Waals surface area contributed by atoms with Crippen molar-refractivity contribution in [2.24, 2.45) is 0 Å². The summed E-state index contributed by atoms with van der Waals surface area (Å²) in [6.07, 6.45) is 13.2. The molecule has 0 unspecified atom stereocenters. The minimum Gasteiger partial charge on any atom is -0.464 e. The first-order valence-corrected chi connectivity index (χ1v) is 45.1. The van der Waals surface area contributed by atoms with Gasteiger partial charge in [-0.05, 0) is 211 Å². The van der Waals surface area contributed by atoms with E-state index in [1.807, 2.05) is 55.2 Å². The molecule has 8 aromatic heterocycles. The largest absolute Gasteiger partial charge is 0.464 e. The number of aryl methyl sites for hydroxylation is 1. The molecule has 0 bridgehead atoms. The van der Waals surface area contributed by atoms with Crippen molar-refractivity contribution in [3.8, 4) is 141 Å². The Morgan fingerprint density at radius 3 is 1.80 bits per heavy atom. The van der Waals surface area contributed by atoms with Gasteiger partial charge in [0.25, 0.3) is 0 Å². The summed E-state index contributed by atoms with van der Waals surface area (Å²) in [5, 5.41) is 10.7. The minimum absolute atomic E-state index is 0.217. The number of ether oxygens (including phenoxy) is 1. The van der Waals surface area contributed by atoms with Crippen molar-refractivity contribution in [1.82, 2.24) is 43.6 Å². The standard InChI is InChI=1S/C51H35N3O.C40H26N4.C30H21N3O/c1-51(2)42-19-11-9-17-36(42)38-23-26-47-39(27-28-55-47)49(38)41-30-34(21-24-43(41)51)35-22-25-46-40(29-35)37-18-10-12-20-45(37)54(46)48-31-44(32-13-5-3-6-14-32)52-50(53-48)33-15-7-4-8-16-33;1-2-11-30(12-3-1)44-38-21-23-41-25-36(38)33-14-6-7-15-34(33)37-26-42-40-35(39(37)44)22-24-43(40)29-19-17-28(18-20-29)32-16-8-10-27-9-4-5-13-31(27)32;1-18-19(2)33(22-12-11-20-7-3-4-8-21(20)17-22)26-14-13-25-23-9-5-6-10-24(23)28-30(32-16-15-31-28)34-29(25)27(18)26/h3-31H,1-2H3;1-26H;3-17H,1-2H3. The summed E-state index contributed by atoms with van der Waals surface area (Å²) < 4.78 is 19.4. The highest BCUT2D eigenvalue weighted by molar-refractivity contribution is 6.14. The summed E-state index contributed by atoms with van der Waals surface area (Å²) in [4.78, 5) is 31.5. The van der Waals surface area contributed by atoms with E-state index in [1.165, 1.54) is 93.6 Å². The quantitative estimate of drug-likeness (QED) is 0.147. The third kappa shape index (κ3) is 12.9. The van der Waals surface area contributed by atoms with Crippen LogP contribution in [0.3, 0.4) is 0 Å². The Morgan fingerprint density at radius 2 is 0.977 bits per heavy atom. The highest BCUT2D eigenvalue weighted by Crippen LogP contribution is 2.56. The third-order valence-corrected chi connectivity index (χ3v) is 27.2. The lowest BCUT2D eigenvalue weighted by Gasteiger charge is -2.28. The van der Waals surface area contributed by atoms with E-state index < -0.39 is 0 Å². The normalized spacial score (nSPS) is 12.5. The van der Waals surface area contributed by atoms with Gasteiger partial charge in [-0.3, -0.25) is 9.55 Å². The van der Waals surface area contributed by atoms with E-state index in [2.05, 4.69) is 419 Å². The molecule has 12 heteroatoms. The Bertz CT molecular complexity index is 8750. The summed E-state index contributed by atoms with van der Waals surface area (Å²) in [5.41, 5.74) is 36.6. The molecule has 0 saturated heterocycles. The first-order chi connectivity index (χ1) is 65.6. The predicted molar refractivity (Wildman–Crippen MR) is 543 cm³/mol. The van der Waals surface area contributed by atoms with Crippen LogP contribution < -0.4 is 9.64 Å². The zero-order valence-corrected chi connectivity index (χ0v) is 73.2. The number of nitrogens with zero attached hydrogens (tertiary/aromatic N) is 10. The SMILES string of the molecule is CC1(C)c2ccccc2-c2ccc3occc3c2-c2cc(-c3ccc4c(c3)c3ccccc3n4-c3cc(-c4ccccc4)nc(-c4ccccc4)n3)ccc21.Cc1c(C)n(-c2ccc3ccccc3c2)c2ccc3c(c12)Oc1nccnc1-c1ccccc1-3.c1ccc(N2c3ccncc3-c3ccccc3-c3cnc4c(ccn4-c4ccc(-c5cccc6ccccc56)cc4)c32)cc1. The van der Waals surface area contributed by atoms with Crippen molar-refractivity contribution in [3.63, 3.8) is 0 Å². The smallest absolute Gasteiger partial charge is 0.246 e. The first-order valence-electron chi connectivity index (χ1n) is 45.1. The van der Waals surface area contributed by atoms with E-state index >= 15 is 0 Å². The monoisotopic (exact) mass is 1710 g/mol. The van der Waals surface area contributed by atoms with Gasteiger partial charge in [0, 0.05) is 137 Å². The average molecular weight is 1710 g/mol. The molecule has 24 aromatic rings. The highest BCUT2D eigenvalue weighted by Gasteiger charge is 2.36. The highest BCUT2D eigenvalue weighted by atomic mass is 16.5. The fourth-order valence-corrected chi connectivity index (χ4v) is 20.8. The van der Waals surface area contributed by atoms with Crippen molar-refractivity contribution < 1.29 is 9.15 Å². The summed E-state index contributed by atoms with van der Waals surface area (Å²) in [6.45, 7) is 9.05. The van der Waals surface area contributed by atoms with Crippen LogP contribution in [0.1, 0.15) is 36.2 Å². The molecule has 1 aliphatic carbocycles. The van der Waals surface area contributed by atoms with Crippen LogP contribution in [-0.2, 0) is 5.41 Å². The molecule has 0 atom stereocenters. The Morgan fingerprint density at radius 1 is 0.346 bits per heavy atom. The Kier molecular flexibility index (Phi) is 18.4. The Hall–Kier alpha value is -17.5. The lowest BCUT2D eigenvalue weighted by Crippen LogP contribution is -2.19. The lowest BCUT2D eigenvalue weighted by molar-refractivity contribution is 0.471. The van der Waals surface area contributed by atoms with E-state index in [4.69, 9.17) is 24.1 Å². The van der Waals surface area contributed by atoms with E-state index in [0.29, 0.717) is 11.7 Å². The molecule has 10 heterocycles. The minimum atomic E-state index is -0.217. The summed E-state index contributed by atoms with van der Waals surface area (Å²) >= 11 is 0. The van der Waals surface area contributed by atoms with E-state index in [9.17, 15) is 0 Å². The van der Waals surface area contributed by atoms with Crippen molar-refractivity contribution in [3.05, 3.63) is 448 Å². The van der Waals surface area contributed by atoms with Crippen LogP contribution in [0.15, 0.2) is 430 Å². The molecule has 0 amide bonds. The summed E-state index contributed by atoms with van der Waals surface area (Å²) in [7, 11) is 0. The maximum absolute atomic E-state index is 6.57. The van der Waals surface area contributed by atoms with Crippen LogP contribution in [-0.4, -0.2) is 43.6 Å². The number of furan rings is 1. The maximum Gasteiger partial charge on any atom is 0.246 e. The van der Waals surface area contributed by atoms with Gasteiger partial charge in [0.05, 0.1) is 39.9 Å². The predicted octanol–water partition coefficient (Wildman–Crippen LogP) is 31.3. The molecular weight excluding hydrogens is 1630 g/mol. The number of fused-ring (bicyclic) bond motifs is 26. The fraction of sp³-hybridized carbons (Fsp3) is 0.0413. The van der Waals surface area contributed by atoms with Crippen molar-refractivity contribution in [1.29, 1.82) is 0 Å². The number of hydrogen-bond donors (Lipinski definition) is 0. The van der Waals surface area contributed by atoms with Crippen LogP contribution in [0, 0.1) is 13.8 Å². The second kappa shape index (κ2) is 31.5. The van der Waals surface area contributed by atoms with Gasteiger partial charge >= 0.3 is 0 Å². The number of hydrogen-bond acceptors (Lipinski definition) is 9. The molecule has 0 radical (unpaired) electrons. The van der Waals surface area contributed by atoms with Crippen molar-refractivity contribution in [2.45, 2.75) is 33.1 Å². The first kappa shape index (κ1) is 77.8. The number of anilines is 3. The third-order valence-electron chi connectivity index (χ3n) is 27.2. The maximum atomic E-state index is 6.57. The molecule has 0 saturated carbocycles. The zero-order valence-electron chi connectivity index (χ0n) is 73.2. The number of rotatable bonds is 8. The summed E-state index contributed by atoms with van der Waals surface area (Å²) in [5.74, 6) is 2.90. The number of para-hydroxylation sites is 2. The van der Waals surface area contributed by atoms with Crippen LogP contribution in [0.5, 0.6) is 11.6 Å². The van der Waals surface area contributed by atoms with Crippen LogP contribution in [0.2, 0.25) is 0 Å². The van der Waals surface area contributed by atoms with Gasteiger partial charge in [0.15, 0.2) is 5.82 Å². The number of aromatic nitrogens is 9. The fourth-order valence-electron chi connectivity index (χ4n) is 20.8. The van der Waals surface area contributed by atoms with E-state index in [1.54, 1.807) is 12.4 Å². The van der Waals surface area contributed by atoms with Gasteiger partial charge in [0.1, 0.15) is 28.5 Å². The molecule has 0 spiro atoms. The summed E-state index contributed by atoms with van der Waals surface area (Å²) in [6, 6.07) is 136. The van der Waals surface area contributed by atoms with Crippen LogP contribution in [0.4, 0.5) is 17.1 Å². The number of pyridine rings is 2. The van der Waals surface area contributed by atoms with E-state index in [-0.39, 0.29) is 5.41 Å². The Balaban J connectivity index is 0.000000110. The molecular formula is C121H82N10O2. The molecule has 133 heavy (non-hydrogen) atoms. The van der Waals surface area contributed by atoms with Gasteiger partial charge in [-0.2, -0.15) is 0 Å². The molecule has 12 nitrogen and oxygen atoms in total. The number of benzene rings is 16. The molecule has 27 rings (SSSR count). The van der Waals surface area contributed by atoms with Crippen molar-refractivity contribution >= 4 is 93.3 Å². The molecule has 0 fully saturated rings. The topological polar surface area (TPSA) is 118 Å².